The molecule has 31 heavy (non-hydrogen) atoms. The topological polar surface area (TPSA) is 72.2 Å². The van der Waals surface area contributed by atoms with E-state index in [1.807, 2.05) is 16.5 Å². The number of hydrogen-bond acceptors (Lipinski definition) is 6. The van der Waals surface area contributed by atoms with Crippen LogP contribution in [-0.2, 0) is 24.1 Å². The van der Waals surface area contributed by atoms with Crippen molar-refractivity contribution in [2.75, 3.05) is 11.1 Å². The van der Waals surface area contributed by atoms with Crippen molar-refractivity contribution in [1.29, 1.82) is 0 Å². The van der Waals surface area contributed by atoms with Crippen molar-refractivity contribution in [1.82, 2.24) is 19.6 Å². The first-order chi connectivity index (χ1) is 15.0. The van der Waals surface area contributed by atoms with Crippen molar-refractivity contribution in [3.8, 4) is 0 Å². The first-order valence-corrected chi connectivity index (χ1v) is 12.6. The van der Waals surface area contributed by atoms with Crippen LogP contribution in [0.3, 0.4) is 0 Å². The van der Waals surface area contributed by atoms with E-state index in [0.29, 0.717) is 21.8 Å². The molecule has 1 atom stereocenters. The first-order valence-electron chi connectivity index (χ1n) is 10.4. The number of carbonyl (C=O) groups is 1. The summed E-state index contributed by atoms with van der Waals surface area (Å²) in [5.41, 5.74) is 2.86. The number of rotatable bonds is 5. The predicted octanol–water partition coefficient (Wildman–Crippen LogP) is 5.41. The molecule has 0 aliphatic heterocycles. The molecule has 1 aliphatic carbocycles. The highest BCUT2D eigenvalue weighted by Gasteiger charge is 2.25. The molecular weight excluding hydrogens is 450 g/mol. The van der Waals surface area contributed by atoms with Crippen LogP contribution in [-0.4, -0.2) is 31.2 Å². The molecule has 1 amide bonds. The highest BCUT2D eigenvalue weighted by molar-refractivity contribution is 7.99. The number of hydrogen-bond donors (Lipinski definition) is 1. The summed E-state index contributed by atoms with van der Waals surface area (Å²) >= 11 is 9.31. The lowest BCUT2D eigenvalue weighted by molar-refractivity contribution is -0.113. The third-order valence-corrected chi connectivity index (χ3v) is 8.04. The van der Waals surface area contributed by atoms with Crippen LogP contribution in [0.25, 0.3) is 15.9 Å². The van der Waals surface area contributed by atoms with Crippen molar-refractivity contribution < 1.29 is 4.79 Å². The maximum absolute atomic E-state index is 12.5. The number of thiophene rings is 1. The van der Waals surface area contributed by atoms with Gasteiger partial charge in [0.05, 0.1) is 21.8 Å². The molecule has 5 rings (SSSR count). The van der Waals surface area contributed by atoms with E-state index in [9.17, 15) is 4.79 Å². The second kappa shape index (κ2) is 8.41. The SMILES string of the molecule is CCc1nc2sc3c(c2c2nnc(SCC(=O)Nc4ccccc4Cl)n12)CC[C@H](C)C3. The third kappa shape index (κ3) is 3.81. The number of aromatic nitrogens is 4. The Hall–Kier alpha value is -2.16. The van der Waals surface area contributed by atoms with Crippen molar-refractivity contribution in [3.05, 3.63) is 45.6 Å². The van der Waals surface area contributed by atoms with Crippen molar-refractivity contribution in [2.45, 2.75) is 44.7 Å². The Morgan fingerprint density at radius 2 is 2.19 bits per heavy atom. The van der Waals surface area contributed by atoms with Gasteiger partial charge < -0.3 is 5.32 Å². The first kappa shape index (κ1) is 20.7. The zero-order valence-electron chi connectivity index (χ0n) is 17.3. The standard InChI is InChI=1S/C22H22ClN5OS2/c1-3-17-25-21-19(13-9-8-12(2)10-16(13)31-21)20-26-27-22(28(17)20)30-11-18(29)24-15-7-5-4-6-14(15)23/h4-7,12H,3,8-11H2,1-2H3,(H,24,29)/t12-/m0/s1. The molecule has 0 fully saturated rings. The summed E-state index contributed by atoms with van der Waals surface area (Å²) in [6.07, 6.45) is 4.14. The Morgan fingerprint density at radius 1 is 1.35 bits per heavy atom. The summed E-state index contributed by atoms with van der Waals surface area (Å²) in [6.45, 7) is 4.40. The maximum atomic E-state index is 12.5. The zero-order valence-corrected chi connectivity index (χ0v) is 19.7. The van der Waals surface area contributed by atoms with Crippen molar-refractivity contribution in [3.63, 3.8) is 0 Å². The molecule has 160 valence electrons. The Kier molecular flexibility index (Phi) is 5.62. The van der Waals surface area contributed by atoms with Crippen molar-refractivity contribution in [2.24, 2.45) is 5.92 Å². The number of fused-ring (bicyclic) bond motifs is 5. The normalized spacial score (nSPS) is 16.0. The van der Waals surface area contributed by atoms with Crippen LogP contribution >= 0.6 is 34.7 Å². The Labute approximate surface area is 193 Å². The highest BCUT2D eigenvalue weighted by atomic mass is 35.5. The molecule has 0 saturated heterocycles. The van der Waals surface area contributed by atoms with Gasteiger partial charge in [0.15, 0.2) is 10.8 Å². The fourth-order valence-corrected chi connectivity index (χ4v) is 6.42. The molecular formula is C22H22ClN5OS2. The van der Waals surface area contributed by atoms with Gasteiger partial charge >= 0.3 is 0 Å². The number of nitrogens with one attached hydrogen (secondary N) is 1. The zero-order chi connectivity index (χ0) is 21.5. The number of halogens is 1. The minimum absolute atomic E-state index is 0.135. The summed E-state index contributed by atoms with van der Waals surface area (Å²) in [7, 11) is 0. The van der Waals surface area contributed by atoms with Gasteiger partial charge in [0.1, 0.15) is 10.7 Å². The fraction of sp³-hybridized carbons (Fsp3) is 0.364. The van der Waals surface area contributed by atoms with E-state index >= 15 is 0 Å². The molecule has 0 radical (unpaired) electrons. The molecule has 3 heterocycles. The minimum atomic E-state index is -0.135. The van der Waals surface area contributed by atoms with Gasteiger partial charge in [-0.25, -0.2) is 4.98 Å². The Bertz CT molecular complexity index is 1300. The van der Waals surface area contributed by atoms with Crippen LogP contribution in [0, 0.1) is 5.92 Å². The van der Waals surface area contributed by atoms with Crippen LogP contribution < -0.4 is 5.32 Å². The number of benzene rings is 1. The number of anilines is 1. The smallest absolute Gasteiger partial charge is 0.234 e. The lowest BCUT2D eigenvalue weighted by Gasteiger charge is -2.17. The van der Waals surface area contributed by atoms with Crippen LogP contribution in [0.2, 0.25) is 5.02 Å². The number of para-hydroxylation sites is 1. The number of aryl methyl sites for hydroxylation is 2. The second-order valence-electron chi connectivity index (χ2n) is 7.87. The number of nitrogens with zero attached hydrogens (tertiary/aromatic N) is 4. The molecule has 0 spiro atoms. The van der Waals surface area contributed by atoms with Crippen LogP contribution in [0.15, 0.2) is 29.4 Å². The number of amides is 1. The summed E-state index contributed by atoms with van der Waals surface area (Å²) in [6, 6.07) is 7.21. The summed E-state index contributed by atoms with van der Waals surface area (Å²) in [5, 5.41) is 14.2. The molecule has 3 aromatic heterocycles. The van der Waals surface area contributed by atoms with Gasteiger partial charge in [-0.1, -0.05) is 49.3 Å². The van der Waals surface area contributed by atoms with Crippen LogP contribution in [0.4, 0.5) is 5.69 Å². The van der Waals surface area contributed by atoms with E-state index in [1.165, 1.54) is 28.6 Å². The molecule has 0 unspecified atom stereocenters. The van der Waals surface area contributed by atoms with Gasteiger partial charge in [-0.2, -0.15) is 0 Å². The molecule has 9 heteroatoms. The van der Waals surface area contributed by atoms with E-state index in [2.05, 4.69) is 29.4 Å². The van der Waals surface area contributed by atoms with E-state index < -0.39 is 0 Å². The summed E-state index contributed by atoms with van der Waals surface area (Å²) in [4.78, 5) is 19.9. The quantitative estimate of drug-likeness (QED) is 0.394. The average Bonchev–Trinajstić information content (AvgIpc) is 3.33. The molecule has 0 bridgehead atoms. The second-order valence-corrected chi connectivity index (χ2v) is 10.3. The number of carbonyl (C=O) groups excluding carboxylic acids is 1. The van der Waals surface area contributed by atoms with Gasteiger partial charge in [0.2, 0.25) is 5.91 Å². The lowest BCUT2D eigenvalue weighted by Crippen LogP contribution is -2.14. The molecule has 1 aromatic carbocycles. The van der Waals surface area contributed by atoms with Gasteiger partial charge in [-0.05, 0) is 42.9 Å². The van der Waals surface area contributed by atoms with Gasteiger partial charge in [-0.3, -0.25) is 9.20 Å². The number of thioether (sulfide) groups is 1. The lowest BCUT2D eigenvalue weighted by atomic mass is 9.89. The summed E-state index contributed by atoms with van der Waals surface area (Å²) in [5.74, 6) is 1.71. The highest BCUT2D eigenvalue weighted by Crippen LogP contribution is 2.39. The maximum Gasteiger partial charge on any atom is 0.234 e. The van der Waals surface area contributed by atoms with Gasteiger partial charge in [0.25, 0.3) is 0 Å². The third-order valence-electron chi connectivity index (χ3n) is 5.64. The minimum Gasteiger partial charge on any atom is -0.324 e. The van der Waals surface area contributed by atoms with E-state index in [4.69, 9.17) is 16.6 Å². The largest absolute Gasteiger partial charge is 0.324 e. The van der Waals surface area contributed by atoms with Crippen molar-refractivity contribution >= 4 is 62.2 Å². The fourth-order valence-electron chi connectivity index (χ4n) is 4.09. The van der Waals surface area contributed by atoms with Crippen LogP contribution in [0.5, 0.6) is 0 Å². The molecule has 0 saturated carbocycles. The Balaban J connectivity index is 1.46. The molecule has 1 aliphatic rings. The monoisotopic (exact) mass is 471 g/mol. The predicted molar refractivity (Wildman–Crippen MR) is 128 cm³/mol. The van der Waals surface area contributed by atoms with E-state index in [0.717, 1.165) is 41.0 Å². The molecule has 6 nitrogen and oxygen atoms in total. The average molecular weight is 472 g/mol. The Morgan fingerprint density at radius 3 is 3.00 bits per heavy atom. The molecule has 1 N–H and O–H groups in total. The van der Waals surface area contributed by atoms with Gasteiger partial charge in [0, 0.05) is 11.3 Å². The van der Waals surface area contributed by atoms with E-state index in [1.54, 1.807) is 23.5 Å². The molecule has 4 aromatic rings. The van der Waals surface area contributed by atoms with Gasteiger partial charge in [-0.15, -0.1) is 21.5 Å². The summed E-state index contributed by atoms with van der Waals surface area (Å²) < 4.78 is 2.03. The van der Waals surface area contributed by atoms with Crippen LogP contribution in [0.1, 0.15) is 36.5 Å². The van der Waals surface area contributed by atoms with E-state index in [-0.39, 0.29) is 11.7 Å².